The lowest BCUT2D eigenvalue weighted by atomic mass is 9.84. The Morgan fingerprint density at radius 3 is 2.62 bits per heavy atom. The van der Waals surface area contributed by atoms with E-state index in [1.807, 2.05) is 0 Å². The molecule has 2 atom stereocenters. The summed E-state index contributed by atoms with van der Waals surface area (Å²) in [6.07, 6.45) is 4.69. The molecular weight excluding hydrogens is 162 g/mol. The fraction of sp³-hybridized carbons (Fsp3) is 0.909. The van der Waals surface area contributed by atoms with Crippen molar-refractivity contribution in [1.29, 1.82) is 0 Å². The van der Waals surface area contributed by atoms with Crippen LogP contribution in [0, 0.1) is 17.3 Å². The number of fused-ring (bicyclic) bond motifs is 1. The van der Waals surface area contributed by atoms with Crippen LogP contribution in [0.25, 0.3) is 0 Å². The van der Waals surface area contributed by atoms with Crippen molar-refractivity contribution in [2.24, 2.45) is 17.3 Å². The van der Waals surface area contributed by atoms with Crippen molar-refractivity contribution in [3.8, 4) is 0 Å². The van der Waals surface area contributed by atoms with Gasteiger partial charge in [-0.2, -0.15) is 0 Å². The summed E-state index contributed by atoms with van der Waals surface area (Å²) in [4.78, 5) is 11.8. The van der Waals surface area contributed by atoms with E-state index in [4.69, 9.17) is 0 Å². The molecule has 2 aliphatic rings. The molecule has 2 aliphatic carbocycles. The van der Waals surface area contributed by atoms with E-state index in [1.54, 1.807) is 0 Å². The number of nitrogens with one attached hydrogen (secondary N) is 1. The third-order valence-corrected chi connectivity index (χ3v) is 3.58. The number of rotatable bonds is 3. The van der Waals surface area contributed by atoms with Gasteiger partial charge < -0.3 is 5.32 Å². The van der Waals surface area contributed by atoms with Crippen LogP contribution in [0.3, 0.4) is 0 Å². The Kier molecular flexibility index (Phi) is 2.09. The fourth-order valence-electron chi connectivity index (χ4n) is 2.69. The third-order valence-electron chi connectivity index (χ3n) is 3.58. The normalized spacial score (nSPS) is 41.4. The summed E-state index contributed by atoms with van der Waals surface area (Å²) in [5.41, 5.74) is -0.0250. The first-order valence-corrected chi connectivity index (χ1v) is 5.44. The van der Waals surface area contributed by atoms with Gasteiger partial charge in [0.15, 0.2) is 0 Å². The van der Waals surface area contributed by atoms with Crippen molar-refractivity contribution >= 4 is 5.91 Å². The zero-order valence-corrected chi connectivity index (χ0v) is 8.60. The molecule has 13 heavy (non-hydrogen) atoms. The van der Waals surface area contributed by atoms with Gasteiger partial charge in [0, 0.05) is 12.0 Å². The van der Waals surface area contributed by atoms with Gasteiger partial charge in [-0.1, -0.05) is 13.8 Å². The van der Waals surface area contributed by atoms with Gasteiger partial charge in [0.25, 0.3) is 0 Å². The van der Waals surface area contributed by atoms with E-state index in [0.717, 1.165) is 37.6 Å². The van der Waals surface area contributed by atoms with Crippen molar-refractivity contribution in [2.45, 2.75) is 39.5 Å². The van der Waals surface area contributed by atoms with Crippen LogP contribution in [0.15, 0.2) is 0 Å². The van der Waals surface area contributed by atoms with Gasteiger partial charge in [-0.3, -0.25) is 4.79 Å². The second-order valence-electron chi connectivity index (χ2n) is 4.98. The monoisotopic (exact) mass is 181 g/mol. The molecule has 2 unspecified atom stereocenters. The standard InChI is InChI=1S/C11H19NO/c1-3-4-12-10(13)11(2)6-8-5-9(8)7-11/h8-9H,3-7H2,1-2H3,(H,12,13). The van der Waals surface area contributed by atoms with Crippen molar-refractivity contribution in [3.63, 3.8) is 0 Å². The first-order chi connectivity index (χ1) is 6.15. The minimum atomic E-state index is -0.0250. The van der Waals surface area contributed by atoms with Crippen LogP contribution < -0.4 is 5.32 Å². The summed E-state index contributed by atoms with van der Waals surface area (Å²) in [5, 5.41) is 3.02. The summed E-state index contributed by atoms with van der Waals surface area (Å²) in [6.45, 7) is 5.06. The fourth-order valence-corrected chi connectivity index (χ4v) is 2.69. The van der Waals surface area contributed by atoms with E-state index < -0.39 is 0 Å². The Balaban J connectivity index is 1.88. The molecule has 0 aromatic rings. The predicted octanol–water partition coefficient (Wildman–Crippen LogP) is 1.95. The molecule has 0 aliphatic heterocycles. The van der Waals surface area contributed by atoms with Gasteiger partial charge in [0.05, 0.1) is 0 Å². The molecule has 0 spiro atoms. The maximum atomic E-state index is 11.8. The number of hydrogen-bond acceptors (Lipinski definition) is 1. The molecule has 2 rings (SSSR count). The average molecular weight is 181 g/mol. The van der Waals surface area contributed by atoms with Crippen LogP contribution in [0.2, 0.25) is 0 Å². The minimum Gasteiger partial charge on any atom is -0.356 e. The Labute approximate surface area is 80.1 Å². The lowest BCUT2D eigenvalue weighted by Gasteiger charge is -2.24. The second kappa shape index (κ2) is 3.00. The Morgan fingerprint density at radius 2 is 2.08 bits per heavy atom. The minimum absolute atomic E-state index is 0.0250. The first-order valence-electron chi connectivity index (χ1n) is 5.44. The van der Waals surface area contributed by atoms with Crippen LogP contribution >= 0.6 is 0 Å². The van der Waals surface area contributed by atoms with Crippen molar-refractivity contribution in [2.75, 3.05) is 6.54 Å². The smallest absolute Gasteiger partial charge is 0.225 e. The molecule has 0 aromatic carbocycles. The molecule has 2 saturated carbocycles. The van der Waals surface area contributed by atoms with E-state index in [2.05, 4.69) is 19.2 Å². The van der Waals surface area contributed by atoms with Gasteiger partial charge in [-0.05, 0) is 37.5 Å². The third kappa shape index (κ3) is 1.59. The van der Waals surface area contributed by atoms with Gasteiger partial charge >= 0.3 is 0 Å². The van der Waals surface area contributed by atoms with Crippen LogP contribution in [0.1, 0.15) is 39.5 Å². The number of amides is 1. The number of hydrogen-bond donors (Lipinski definition) is 1. The van der Waals surface area contributed by atoms with Crippen LogP contribution in [-0.4, -0.2) is 12.5 Å². The van der Waals surface area contributed by atoms with E-state index >= 15 is 0 Å². The summed E-state index contributed by atoms with van der Waals surface area (Å²) < 4.78 is 0. The molecule has 1 N–H and O–H groups in total. The quantitative estimate of drug-likeness (QED) is 0.708. The molecule has 0 heterocycles. The Morgan fingerprint density at radius 1 is 1.46 bits per heavy atom. The maximum Gasteiger partial charge on any atom is 0.225 e. The van der Waals surface area contributed by atoms with Crippen LogP contribution in [0.4, 0.5) is 0 Å². The van der Waals surface area contributed by atoms with Gasteiger partial charge in [0.2, 0.25) is 5.91 Å². The van der Waals surface area contributed by atoms with E-state index in [9.17, 15) is 4.79 Å². The molecule has 0 bridgehead atoms. The second-order valence-corrected chi connectivity index (χ2v) is 4.98. The average Bonchev–Trinajstić information content (AvgIpc) is 2.71. The highest BCUT2D eigenvalue weighted by Gasteiger charge is 2.54. The zero-order valence-electron chi connectivity index (χ0n) is 8.60. The van der Waals surface area contributed by atoms with E-state index in [-0.39, 0.29) is 5.41 Å². The van der Waals surface area contributed by atoms with Crippen LogP contribution in [0.5, 0.6) is 0 Å². The molecule has 2 fully saturated rings. The number of carbonyl (C=O) groups is 1. The van der Waals surface area contributed by atoms with Gasteiger partial charge in [-0.15, -0.1) is 0 Å². The van der Waals surface area contributed by atoms with Crippen LogP contribution in [-0.2, 0) is 4.79 Å². The molecule has 74 valence electrons. The Bertz CT molecular complexity index is 214. The summed E-state index contributed by atoms with van der Waals surface area (Å²) in [6, 6.07) is 0. The van der Waals surface area contributed by atoms with E-state index in [1.165, 1.54) is 6.42 Å². The SMILES string of the molecule is CCCNC(=O)C1(C)CC2CC2C1. The Hall–Kier alpha value is -0.530. The molecule has 2 nitrogen and oxygen atoms in total. The summed E-state index contributed by atoms with van der Waals surface area (Å²) >= 11 is 0. The molecular formula is C11H19NO. The molecule has 0 radical (unpaired) electrons. The van der Waals surface area contributed by atoms with Crippen molar-refractivity contribution in [1.82, 2.24) is 5.32 Å². The lowest BCUT2D eigenvalue weighted by Crippen LogP contribution is -2.38. The van der Waals surface area contributed by atoms with Gasteiger partial charge in [-0.25, -0.2) is 0 Å². The first kappa shape index (κ1) is 9.04. The predicted molar refractivity (Wildman–Crippen MR) is 52.2 cm³/mol. The maximum absolute atomic E-state index is 11.8. The van der Waals surface area contributed by atoms with Gasteiger partial charge in [0.1, 0.15) is 0 Å². The van der Waals surface area contributed by atoms with Crippen molar-refractivity contribution in [3.05, 3.63) is 0 Å². The largest absolute Gasteiger partial charge is 0.356 e. The highest BCUT2D eigenvalue weighted by Crippen LogP contribution is 2.59. The molecule has 0 saturated heterocycles. The summed E-state index contributed by atoms with van der Waals surface area (Å²) in [7, 11) is 0. The number of carbonyl (C=O) groups excluding carboxylic acids is 1. The molecule has 0 aromatic heterocycles. The highest BCUT2D eigenvalue weighted by atomic mass is 16.2. The highest BCUT2D eigenvalue weighted by molar-refractivity contribution is 5.82. The zero-order chi connectivity index (χ0) is 9.47. The molecule has 2 heteroatoms. The lowest BCUT2D eigenvalue weighted by molar-refractivity contribution is -0.130. The van der Waals surface area contributed by atoms with E-state index in [0.29, 0.717) is 5.91 Å². The topological polar surface area (TPSA) is 29.1 Å². The molecule has 1 amide bonds. The van der Waals surface area contributed by atoms with Crippen molar-refractivity contribution < 1.29 is 4.79 Å². The summed E-state index contributed by atoms with van der Waals surface area (Å²) in [5.74, 6) is 2.07.